The molecule has 0 N–H and O–H groups in total. The Kier molecular flexibility index (Phi) is 6.38. The predicted molar refractivity (Wildman–Crippen MR) is 110 cm³/mol. The standard InChI is InChI=1S/C24H30N2O2/c27-24(16-20-7-11-25-12-8-20)26-13-9-21(10-14-26)15-19-1-3-22(4-2-19)17-28-18-23-5-6-23/h1-4,7-8,11-12,21,23H,5-6,9-10,13-18H2. The molecule has 2 heterocycles. The molecule has 1 saturated carbocycles. The Morgan fingerprint density at radius 2 is 1.57 bits per heavy atom. The van der Waals surface area contributed by atoms with Crippen LogP contribution in [-0.4, -0.2) is 35.5 Å². The van der Waals surface area contributed by atoms with Gasteiger partial charge in [0.1, 0.15) is 0 Å². The van der Waals surface area contributed by atoms with Gasteiger partial charge in [-0.2, -0.15) is 0 Å². The molecule has 4 nitrogen and oxygen atoms in total. The summed E-state index contributed by atoms with van der Waals surface area (Å²) in [6, 6.07) is 12.7. The monoisotopic (exact) mass is 378 g/mol. The predicted octanol–water partition coefficient (Wildman–Crippen LogP) is 4.03. The van der Waals surface area contributed by atoms with Crippen molar-refractivity contribution in [2.24, 2.45) is 11.8 Å². The van der Waals surface area contributed by atoms with Gasteiger partial charge in [-0.05, 0) is 72.8 Å². The highest BCUT2D eigenvalue weighted by Gasteiger charge is 2.23. The van der Waals surface area contributed by atoms with Crippen molar-refractivity contribution in [1.82, 2.24) is 9.88 Å². The Hall–Kier alpha value is -2.20. The number of hydrogen-bond acceptors (Lipinski definition) is 3. The molecule has 2 aliphatic rings. The lowest BCUT2D eigenvalue weighted by Crippen LogP contribution is -2.39. The van der Waals surface area contributed by atoms with E-state index in [4.69, 9.17) is 4.74 Å². The summed E-state index contributed by atoms with van der Waals surface area (Å²) in [7, 11) is 0. The molecule has 1 amide bonds. The Labute approximate surface area is 167 Å². The molecule has 0 unspecified atom stereocenters. The van der Waals surface area contributed by atoms with E-state index in [1.165, 1.54) is 24.0 Å². The summed E-state index contributed by atoms with van der Waals surface area (Å²) >= 11 is 0. The number of rotatable bonds is 8. The fraction of sp³-hybridized carbons (Fsp3) is 0.500. The van der Waals surface area contributed by atoms with Gasteiger partial charge in [-0.25, -0.2) is 0 Å². The summed E-state index contributed by atoms with van der Waals surface area (Å²) in [5.74, 6) is 1.73. The van der Waals surface area contributed by atoms with E-state index in [1.807, 2.05) is 17.0 Å². The lowest BCUT2D eigenvalue weighted by atomic mass is 9.89. The molecule has 0 spiro atoms. The molecule has 4 heteroatoms. The molecule has 1 saturated heterocycles. The Bertz CT molecular complexity index is 748. The van der Waals surface area contributed by atoms with Crippen LogP contribution in [-0.2, 0) is 29.0 Å². The smallest absolute Gasteiger partial charge is 0.226 e. The Morgan fingerprint density at radius 1 is 0.893 bits per heavy atom. The number of piperidine rings is 1. The number of benzene rings is 1. The van der Waals surface area contributed by atoms with Crippen molar-refractivity contribution in [3.8, 4) is 0 Å². The van der Waals surface area contributed by atoms with Crippen LogP contribution in [0.15, 0.2) is 48.8 Å². The lowest BCUT2D eigenvalue weighted by Gasteiger charge is -2.32. The van der Waals surface area contributed by atoms with Crippen LogP contribution < -0.4 is 0 Å². The number of pyridine rings is 1. The number of nitrogens with zero attached hydrogens (tertiary/aromatic N) is 2. The fourth-order valence-electron chi connectivity index (χ4n) is 3.91. The van der Waals surface area contributed by atoms with Gasteiger partial charge in [0.15, 0.2) is 0 Å². The molecule has 1 aliphatic heterocycles. The summed E-state index contributed by atoms with van der Waals surface area (Å²) in [5, 5.41) is 0. The van der Waals surface area contributed by atoms with Gasteiger partial charge in [0, 0.05) is 32.1 Å². The van der Waals surface area contributed by atoms with Crippen LogP contribution in [0.1, 0.15) is 42.4 Å². The molecule has 1 aliphatic carbocycles. The third-order valence-corrected chi connectivity index (χ3v) is 5.94. The average Bonchev–Trinajstić information content (AvgIpc) is 3.55. The zero-order chi connectivity index (χ0) is 19.2. The average molecular weight is 379 g/mol. The summed E-state index contributed by atoms with van der Waals surface area (Å²) in [6.45, 7) is 3.40. The second kappa shape index (κ2) is 9.33. The van der Waals surface area contributed by atoms with Gasteiger partial charge in [-0.3, -0.25) is 9.78 Å². The third-order valence-electron chi connectivity index (χ3n) is 5.94. The van der Waals surface area contributed by atoms with Gasteiger partial charge in [0.25, 0.3) is 0 Å². The van der Waals surface area contributed by atoms with E-state index < -0.39 is 0 Å². The molecular formula is C24H30N2O2. The van der Waals surface area contributed by atoms with Gasteiger partial charge in [0.2, 0.25) is 5.91 Å². The highest BCUT2D eigenvalue weighted by Crippen LogP contribution is 2.29. The largest absolute Gasteiger partial charge is 0.376 e. The number of ether oxygens (including phenoxy) is 1. The first kappa shape index (κ1) is 19.1. The van der Waals surface area contributed by atoms with E-state index in [0.29, 0.717) is 12.3 Å². The summed E-state index contributed by atoms with van der Waals surface area (Å²) in [6.07, 6.45) is 9.95. The van der Waals surface area contributed by atoms with Crippen LogP contribution in [0.2, 0.25) is 0 Å². The van der Waals surface area contributed by atoms with Gasteiger partial charge in [-0.1, -0.05) is 24.3 Å². The van der Waals surface area contributed by atoms with E-state index in [9.17, 15) is 4.79 Å². The second-order valence-corrected chi connectivity index (χ2v) is 8.34. The highest BCUT2D eigenvalue weighted by molar-refractivity contribution is 5.78. The van der Waals surface area contributed by atoms with Crippen molar-refractivity contribution in [3.05, 3.63) is 65.5 Å². The van der Waals surface area contributed by atoms with Crippen LogP contribution in [0.4, 0.5) is 0 Å². The minimum Gasteiger partial charge on any atom is -0.376 e. The molecular weight excluding hydrogens is 348 g/mol. The SMILES string of the molecule is O=C(Cc1ccncc1)N1CCC(Cc2ccc(COCC3CC3)cc2)CC1. The maximum absolute atomic E-state index is 12.5. The topological polar surface area (TPSA) is 42.4 Å². The molecule has 0 atom stereocenters. The minimum atomic E-state index is 0.236. The molecule has 1 aromatic carbocycles. The maximum atomic E-state index is 12.5. The van der Waals surface area contributed by atoms with Crippen LogP contribution in [0.3, 0.4) is 0 Å². The summed E-state index contributed by atoms with van der Waals surface area (Å²) in [4.78, 5) is 18.5. The molecule has 4 rings (SSSR count). The van der Waals surface area contributed by atoms with Gasteiger partial charge >= 0.3 is 0 Å². The summed E-state index contributed by atoms with van der Waals surface area (Å²) in [5.41, 5.74) is 3.71. The van der Waals surface area contributed by atoms with Crippen molar-refractivity contribution in [1.29, 1.82) is 0 Å². The quantitative estimate of drug-likeness (QED) is 0.696. The number of amides is 1. The van der Waals surface area contributed by atoms with Crippen molar-refractivity contribution >= 4 is 5.91 Å². The molecule has 2 aromatic rings. The van der Waals surface area contributed by atoms with Crippen LogP contribution in [0.5, 0.6) is 0 Å². The molecule has 1 aromatic heterocycles. The van der Waals surface area contributed by atoms with Crippen molar-refractivity contribution < 1.29 is 9.53 Å². The molecule has 0 radical (unpaired) electrons. The van der Waals surface area contributed by atoms with Crippen molar-refractivity contribution in [2.45, 2.75) is 45.1 Å². The van der Waals surface area contributed by atoms with E-state index in [1.54, 1.807) is 12.4 Å². The Balaban J connectivity index is 1.19. The van der Waals surface area contributed by atoms with Gasteiger partial charge in [0.05, 0.1) is 13.0 Å². The van der Waals surface area contributed by atoms with E-state index >= 15 is 0 Å². The first-order valence-electron chi connectivity index (χ1n) is 10.6. The van der Waals surface area contributed by atoms with E-state index in [-0.39, 0.29) is 5.91 Å². The fourth-order valence-corrected chi connectivity index (χ4v) is 3.91. The number of carbonyl (C=O) groups is 1. The van der Waals surface area contributed by atoms with Crippen molar-refractivity contribution in [3.63, 3.8) is 0 Å². The molecule has 28 heavy (non-hydrogen) atoms. The molecule has 0 bridgehead atoms. The number of aromatic nitrogens is 1. The highest BCUT2D eigenvalue weighted by atomic mass is 16.5. The van der Waals surface area contributed by atoms with E-state index in [2.05, 4.69) is 29.2 Å². The Morgan fingerprint density at radius 3 is 2.25 bits per heavy atom. The lowest BCUT2D eigenvalue weighted by molar-refractivity contribution is -0.131. The number of likely N-dealkylation sites (tertiary alicyclic amines) is 1. The van der Waals surface area contributed by atoms with Crippen LogP contribution in [0, 0.1) is 11.8 Å². The second-order valence-electron chi connectivity index (χ2n) is 8.34. The zero-order valence-corrected chi connectivity index (χ0v) is 16.6. The normalized spacial score (nSPS) is 17.6. The molecule has 2 fully saturated rings. The first-order valence-corrected chi connectivity index (χ1v) is 10.6. The minimum absolute atomic E-state index is 0.236. The van der Waals surface area contributed by atoms with Crippen LogP contribution in [0.25, 0.3) is 0 Å². The van der Waals surface area contributed by atoms with Crippen molar-refractivity contribution in [2.75, 3.05) is 19.7 Å². The molecule has 148 valence electrons. The number of carbonyl (C=O) groups excluding carboxylic acids is 1. The van der Waals surface area contributed by atoms with Gasteiger partial charge < -0.3 is 9.64 Å². The summed E-state index contributed by atoms with van der Waals surface area (Å²) < 4.78 is 5.77. The third kappa shape index (κ3) is 5.65. The maximum Gasteiger partial charge on any atom is 0.226 e. The van der Waals surface area contributed by atoms with E-state index in [0.717, 1.165) is 57.0 Å². The first-order chi connectivity index (χ1) is 13.8. The number of hydrogen-bond donors (Lipinski definition) is 0. The zero-order valence-electron chi connectivity index (χ0n) is 16.6. The van der Waals surface area contributed by atoms with Gasteiger partial charge in [-0.15, -0.1) is 0 Å². The van der Waals surface area contributed by atoms with Crippen LogP contribution >= 0.6 is 0 Å².